The highest BCUT2D eigenvalue weighted by Crippen LogP contribution is 2.18. The molecule has 1 aromatic carbocycles. The molecule has 0 radical (unpaired) electrons. The smallest absolute Gasteiger partial charge is 0.254 e. The zero-order valence-corrected chi connectivity index (χ0v) is 13.5. The maximum Gasteiger partial charge on any atom is 0.254 e. The monoisotopic (exact) mass is 382 g/mol. The third-order valence-electron chi connectivity index (χ3n) is 2.69. The molecule has 0 saturated heterocycles. The average molecular weight is 384 g/mol. The van der Waals surface area contributed by atoms with Gasteiger partial charge in [-0.1, -0.05) is 34.1 Å². The molecule has 3 nitrogen and oxygen atoms in total. The molecule has 0 aliphatic rings. The Balaban J connectivity index is 2.14. The van der Waals surface area contributed by atoms with Gasteiger partial charge in [-0.3, -0.25) is 4.79 Å². The summed E-state index contributed by atoms with van der Waals surface area (Å²) < 4.78 is 1.67. The van der Waals surface area contributed by atoms with Gasteiger partial charge in [0, 0.05) is 29.8 Å². The fourth-order valence-electron chi connectivity index (χ4n) is 1.71. The average Bonchev–Trinajstić information content (AvgIpc) is 2.40. The van der Waals surface area contributed by atoms with Gasteiger partial charge in [0.1, 0.15) is 4.60 Å². The Labute approximate surface area is 128 Å². The first-order valence-electron chi connectivity index (χ1n) is 5.68. The van der Waals surface area contributed by atoms with Crippen LogP contribution in [0.1, 0.15) is 15.9 Å². The molecule has 0 bridgehead atoms. The zero-order chi connectivity index (χ0) is 13.8. The van der Waals surface area contributed by atoms with Crippen molar-refractivity contribution in [1.82, 2.24) is 9.88 Å². The van der Waals surface area contributed by atoms with Crippen molar-refractivity contribution in [3.05, 3.63) is 62.8 Å². The van der Waals surface area contributed by atoms with Crippen molar-refractivity contribution < 1.29 is 4.79 Å². The highest BCUT2D eigenvalue weighted by Gasteiger charge is 2.13. The molecule has 0 aliphatic carbocycles. The van der Waals surface area contributed by atoms with Gasteiger partial charge in [0.2, 0.25) is 0 Å². The minimum Gasteiger partial charge on any atom is -0.337 e. The molecule has 0 fully saturated rings. The van der Waals surface area contributed by atoms with Crippen LogP contribution in [0.2, 0.25) is 0 Å². The number of rotatable bonds is 3. The van der Waals surface area contributed by atoms with E-state index in [-0.39, 0.29) is 5.91 Å². The topological polar surface area (TPSA) is 33.2 Å². The van der Waals surface area contributed by atoms with Crippen LogP contribution in [0.25, 0.3) is 0 Å². The molecule has 19 heavy (non-hydrogen) atoms. The van der Waals surface area contributed by atoms with Crippen LogP contribution in [0.15, 0.2) is 51.7 Å². The van der Waals surface area contributed by atoms with Crippen LogP contribution in [0.5, 0.6) is 0 Å². The quantitative estimate of drug-likeness (QED) is 0.753. The molecular formula is C14H12Br2N2O. The van der Waals surface area contributed by atoms with Crippen molar-refractivity contribution in [3.63, 3.8) is 0 Å². The maximum absolute atomic E-state index is 12.3. The predicted octanol–water partition coefficient (Wildman–Crippen LogP) is 3.88. The molecule has 0 spiro atoms. The number of carbonyl (C=O) groups is 1. The van der Waals surface area contributed by atoms with E-state index >= 15 is 0 Å². The van der Waals surface area contributed by atoms with E-state index in [0.717, 1.165) is 10.0 Å². The molecule has 0 saturated carbocycles. The second-order valence-corrected chi connectivity index (χ2v) is 5.79. The standard InChI is InChI=1S/C14H12Br2N2O/c1-18(9-11-4-2-3-5-12(11)15)14(19)10-6-7-17-13(16)8-10/h2-8H,9H2,1H3. The number of halogens is 2. The van der Waals surface area contributed by atoms with Gasteiger partial charge in [-0.15, -0.1) is 0 Å². The minimum absolute atomic E-state index is 0.0288. The lowest BCUT2D eigenvalue weighted by molar-refractivity contribution is 0.0784. The van der Waals surface area contributed by atoms with Gasteiger partial charge in [-0.2, -0.15) is 0 Å². The summed E-state index contributed by atoms with van der Waals surface area (Å²) in [5, 5.41) is 0. The Hall–Kier alpha value is -1.20. The van der Waals surface area contributed by atoms with Crippen molar-refractivity contribution >= 4 is 37.8 Å². The van der Waals surface area contributed by atoms with E-state index in [0.29, 0.717) is 16.7 Å². The second kappa shape index (κ2) is 6.30. The Morgan fingerprint density at radius 1 is 1.26 bits per heavy atom. The molecule has 1 amide bonds. The number of amides is 1. The van der Waals surface area contributed by atoms with Gasteiger partial charge in [0.05, 0.1) is 0 Å². The highest BCUT2D eigenvalue weighted by atomic mass is 79.9. The van der Waals surface area contributed by atoms with E-state index < -0.39 is 0 Å². The van der Waals surface area contributed by atoms with Crippen molar-refractivity contribution in [2.75, 3.05) is 7.05 Å². The molecule has 1 aromatic heterocycles. The largest absolute Gasteiger partial charge is 0.337 e. The summed E-state index contributed by atoms with van der Waals surface area (Å²) in [5.74, 6) is -0.0288. The lowest BCUT2D eigenvalue weighted by Gasteiger charge is -2.18. The maximum atomic E-state index is 12.3. The molecule has 1 heterocycles. The summed E-state index contributed by atoms with van der Waals surface area (Å²) in [6, 6.07) is 11.3. The van der Waals surface area contributed by atoms with Crippen LogP contribution in [0.3, 0.4) is 0 Å². The van der Waals surface area contributed by atoms with Gasteiger partial charge in [-0.25, -0.2) is 4.98 Å². The van der Waals surface area contributed by atoms with E-state index in [1.165, 1.54) is 0 Å². The van der Waals surface area contributed by atoms with Gasteiger partial charge in [0.15, 0.2) is 0 Å². The molecule has 98 valence electrons. The Morgan fingerprint density at radius 3 is 2.68 bits per heavy atom. The fourth-order valence-corrected chi connectivity index (χ4v) is 2.48. The summed E-state index contributed by atoms with van der Waals surface area (Å²) in [6.45, 7) is 0.556. The van der Waals surface area contributed by atoms with Crippen molar-refractivity contribution in [1.29, 1.82) is 0 Å². The van der Waals surface area contributed by atoms with E-state index in [1.54, 1.807) is 30.3 Å². The fraction of sp³-hybridized carbons (Fsp3) is 0.143. The first-order valence-corrected chi connectivity index (χ1v) is 7.27. The van der Waals surface area contributed by atoms with Gasteiger partial charge in [-0.05, 0) is 39.7 Å². The summed E-state index contributed by atoms with van der Waals surface area (Å²) in [4.78, 5) is 18.0. The lowest BCUT2D eigenvalue weighted by Crippen LogP contribution is -2.26. The number of hydrogen-bond acceptors (Lipinski definition) is 2. The van der Waals surface area contributed by atoms with Gasteiger partial charge >= 0.3 is 0 Å². The molecule has 0 unspecified atom stereocenters. The number of nitrogens with zero attached hydrogens (tertiary/aromatic N) is 2. The lowest BCUT2D eigenvalue weighted by atomic mass is 10.2. The molecule has 0 aliphatic heterocycles. The molecule has 2 aromatic rings. The predicted molar refractivity (Wildman–Crippen MR) is 81.9 cm³/mol. The molecular weight excluding hydrogens is 372 g/mol. The summed E-state index contributed by atoms with van der Waals surface area (Å²) in [7, 11) is 1.79. The van der Waals surface area contributed by atoms with E-state index in [4.69, 9.17) is 0 Å². The summed E-state index contributed by atoms with van der Waals surface area (Å²) in [6.07, 6.45) is 1.61. The Morgan fingerprint density at radius 2 is 2.00 bits per heavy atom. The number of carbonyl (C=O) groups excluding carboxylic acids is 1. The van der Waals surface area contributed by atoms with Crippen LogP contribution in [0, 0.1) is 0 Å². The van der Waals surface area contributed by atoms with Gasteiger partial charge < -0.3 is 4.90 Å². The van der Waals surface area contributed by atoms with E-state index in [1.807, 2.05) is 24.3 Å². The molecule has 0 atom stereocenters. The normalized spacial score (nSPS) is 10.3. The SMILES string of the molecule is CN(Cc1ccccc1Br)C(=O)c1ccnc(Br)c1. The number of aromatic nitrogens is 1. The van der Waals surface area contributed by atoms with Gasteiger partial charge in [0.25, 0.3) is 5.91 Å². The van der Waals surface area contributed by atoms with E-state index in [2.05, 4.69) is 36.8 Å². The van der Waals surface area contributed by atoms with Crippen molar-refractivity contribution in [2.24, 2.45) is 0 Å². The zero-order valence-electron chi connectivity index (χ0n) is 10.3. The second-order valence-electron chi connectivity index (χ2n) is 4.12. The van der Waals surface area contributed by atoms with Crippen LogP contribution in [-0.2, 0) is 6.54 Å². The van der Waals surface area contributed by atoms with Crippen LogP contribution in [0.4, 0.5) is 0 Å². The number of hydrogen-bond donors (Lipinski definition) is 0. The highest BCUT2D eigenvalue weighted by molar-refractivity contribution is 9.10. The summed E-state index contributed by atoms with van der Waals surface area (Å²) >= 11 is 6.75. The van der Waals surface area contributed by atoms with E-state index in [9.17, 15) is 4.79 Å². The third kappa shape index (κ3) is 3.64. The van der Waals surface area contributed by atoms with Crippen LogP contribution >= 0.6 is 31.9 Å². The summed E-state index contributed by atoms with van der Waals surface area (Å²) in [5.41, 5.74) is 1.70. The van der Waals surface area contributed by atoms with Crippen LogP contribution in [-0.4, -0.2) is 22.8 Å². The number of benzene rings is 1. The van der Waals surface area contributed by atoms with Crippen molar-refractivity contribution in [2.45, 2.75) is 6.54 Å². The first-order chi connectivity index (χ1) is 9.08. The molecule has 2 rings (SSSR count). The third-order valence-corrected chi connectivity index (χ3v) is 3.89. The molecule has 5 heteroatoms. The first kappa shape index (κ1) is 14.2. The van der Waals surface area contributed by atoms with Crippen LogP contribution < -0.4 is 0 Å². The number of pyridine rings is 1. The Kier molecular flexibility index (Phi) is 4.71. The molecule has 0 N–H and O–H groups in total. The Bertz CT molecular complexity index is 602. The minimum atomic E-state index is -0.0288. The van der Waals surface area contributed by atoms with Crippen molar-refractivity contribution in [3.8, 4) is 0 Å².